The van der Waals surface area contributed by atoms with Gasteiger partial charge in [0.2, 0.25) is 0 Å². The van der Waals surface area contributed by atoms with Crippen LogP contribution >= 0.6 is 39.0 Å². The summed E-state index contributed by atoms with van der Waals surface area (Å²) in [7, 11) is 0.0279. The van der Waals surface area contributed by atoms with E-state index in [0.29, 0.717) is 11.1 Å². The van der Waals surface area contributed by atoms with E-state index < -0.39 is 40.0 Å². The molecule has 0 bridgehead atoms. The first-order valence-electron chi connectivity index (χ1n) is 17.2. The van der Waals surface area contributed by atoms with E-state index in [2.05, 4.69) is 48.5 Å². The molecule has 0 aliphatic carbocycles. The Balaban J connectivity index is 1.80. The molecule has 0 saturated carbocycles. The van der Waals surface area contributed by atoms with Crippen molar-refractivity contribution >= 4 is 82.8 Å². The van der Waals surface area contributed by atoms with Gasteiger partial charge in [-0.05, 0) is 73.7 Å². The van der Waals surface area contributed by atoms with Gasteiger partial charge < -0.3 is 18.9 Å². The van der Waals surface area contributed by atoms with Gasteiger partial charge in [-0.2, -0.15) is 0 Å². The van der Waals surface area contributed by atoms with Crippen molar-refractivity contribution < 1.29 is 28.5 Å². The largest absolute Gasteiger partial charge is 0.477 e. The van der Waals surface area contributed by atoms with E-state index in [1.807, 2.05) is 84.9 Å². The second-order valence-corrected chi connectivity index (χ2v) is 17.3. The Hall–Kier alpha value is -4.70. The van der Waals surface area contributed by atoms with Gasteiger partial charge in [-0.25, -0.2) is 9.59 Å². The zero-order valence-electron chi connectivity index (χ0n) is 30.1. The molecule has 274 valence electrons. The average molecular weight is 796 g/mol. The molecule has 0 heterocycles. The molecule has 0 spiro atoms. The van der Waals surface area contributed by atoms with Crippen molar-refractivity contribution in [1.82, 2.24) is 0 Å². The van der Waals surface area contributed by atoms with E-state index in [1.165, 1.54) is 14.2 Å². The monoisotopic (exact) mass is 794 g/mol. The van der Waals surface area contributed by atoms with Crippen LogP contribution in [0.25, 0.3) is 11.1 Å². The summed E-state index contributed by atoms with van der Waals surface area (Å²) in [6.07, 6.45) is -2.07. The van der Waals surface area contributed by atoms with Crippen LogP contribution in [0.2, 0.25) is 10.0 Å². The highest BCUT2D eigenvalue weighted by Crippen LogP contribution is 2.51. The number of carbonyl (C=O) groups is 2. The van der Waals surface area contributed by atoms with Crippen LogP contribution in [-0.4, -0.2) is 38.4 Å². The lowest BCUT2D eigenvalue weighted by Crippen LogP contribution is -2.30. The molecule has 0 amide bonds. The Bertz CT molecular complexity index is 1970. The number of rotatable bonds is 13. The Kier molecular flexibility index (Phi) is 13.1. The van der Waals surface area contributed by atoms with E-state index in [4.69, 9.17) is 42.1 Å². The number of ether oxygens (including phenoxy) is 4. The predicted octanol–water partition coefficient (Wildman–Crippen LogP) is 8.06. The van der Waals surface area contributed by atoms with Crippen molar-refractivity contribution in [2.45, 2.75) is 26.1 Å². The third kappa shape index (κ3) is 8.49. The van der Waals surface area contributed by atoms with Crippen molar-refractivity contribution in [3.05, 3.63) is 156 Å². The molecule has 0 radical (unpaired) electrons. The molecule has 0 aliphatic rings. The smallest absolute Gasteiger partial charge is 0.346 e. The molecule has 0 saturated heterocycles. The van der Waals surface area contributed by atoms with E-state index >= 15 is 0 Å². The maximum Gasteiger partial charge on any atom is 0.346 e. The Labute approximate surface area is 328 Å². The van der Waals surface area contributed by atoms with Crippen LogP contribution in [0.4, 0.5) is 0 Å². The third-order valence-corrected chi connectivity index (χ3v) is 14.2. The van der Waals surface area contributed by atoms with Crippen LogP contribution < -0.4 is 41.3 Å². The maximum atomic E-state index is 13.0. The predicted molar refractivity (Wildman–Crippen MR) is 224 cm³/mol. The van der Waals surface area contributed by atoms with Crippen LogP contribution in [0, 0.1) is 0 Å². The summed E-state index contributed by atoms with van der Waals surface area (Å²) in [4.78, 5) is 26.0. The van der Waals surface area contributed by atoms with Crippen LogP contribution in [0.1, 0.15) is 13.8 Å². The molecule has 2 atom stereocenters. The Morgan fingerprint density at radius 2 is 0.741 bits per heavy atom. The molecule has 0 N–H and O–H groups in total. The molecule has 0 fully saturated rings. The Morgan fingerprint density at radius 3 is 1.00 bits per heavy atom. The van der Waals surface area contributed by atoms with Crippen molar-refractivity contribution in [2.75, 3.05) is 14.2 Å². The molecule has 0 aromatic heterocycles. The topological polar surface area (TPSA) is 71.1 Å². The lowest BCUT2D eigenvalue weighted by atomic mass is 10.0. The maximum absolute atomic E-state index is 13.0. The standard InChI is InChI=1S/C44H38Cl2O6P2/c1-29(43(47)49-3)51-41-35(45)25-27-37(53(31-17-9-5-10-18-31)32-19-11-6-12-20-32)39(41)40-38(28-26-36(46)42(40)52-30(2)44(48)50-4)54(33-21-13-7-14-22-33)34-23-15-8-16-24-34/h5-30H,1-4H3/t29-,30?/m0/s1. The van der Waals surface area contributed by atoms with Gasteiger partial charge in [0.05, 0.1) is 24.3 Å². The number of hydrogen-bond acceptors (Lipinski definition) is 6. The molecule has 0 aliphatic heterocycles. The number of benzene rings is 6. The summed E-state index contributed by atoms with van der Waals surface area (Å²) < 4.78 is 23.4. The molecular formula is C44H38Cl2O6P2. The van der Waals surface area contributed by atoms with Gasteiger partial charge in [0.15, 0.2) is 12.2 Å². The third-order valence-electron chi connectivity index (χ3n) is 8.62. The summed E-state index contributed by atoms with van der Waals surface area (Å²) in [6, 6.07) is 48.5. The molecule has 6 rings (SSSR count). The first-order chi connectivity index (χ1) is 26.2. The minimum Gasteiger partial charge on any atom is -0.477 e. The highest BCUT2D eigenvalue weighted by molar-refractivity contribution is 7.80. The number of carbonyl (C=O) groups excluding carboxylic acids is 2. The highest BCUT2D eigenvalue weighted by Gasteiger charge is 2.34. The summed E-state index contributed by atoms with van der Waals surface area (Å²) in [5.41, 5.74) is 1.17. The van der Waals surface area contributed by atoms with E-state index in [-0.39, 0.29) is 21.5 Å². The fourth-order valence-corrected chi connectivity index (χ4v) is 11.4. The zero-order chi connectivity index (χ0) is 38.2. The quantitative estimate of drug-likeness (QED) is 0.0871. The van der Waals surface area contributed by atoms with Crippen LogP contribution in [0.15, 0.2) is 146 Å². The fourth-order valence-electron chi connectivity index (χ4n) is 6.12. The fraction of sp³-hybridized carbons (Fsp3) is 0.136. The molecule has 1 unspecified atom stereocenters. The number of halogens is 2. The van der Waals surface area contributed by atoms with Gasteiger partial charge >= 0.3 is 11.9 Å². The molecule has 6 nitrogen and oxygen atoms in total. The van der Waals surface area contributed by atoms with Crippen molar-refractivity contribution in [2.24, 2.45) is 0 Å². The number of esters is 2. The highest BCUT2D eigenvalue weighted by atomic mass is 35.5. The van der Waals surface area contributed by atoms with Crippen molar-refractivity contribution in [3.8, 4) is 22.6 Å². The molecule has 6 aromatic carbocycles. The summed E-state index contributed by atoms with van der Waals surface area (Å²) in [5, 5.41) is 6.54. The minimum absolute atomic E-state index is 0.251. The van der Waals surface area contributed by atoms with E-state index in [1.54, 1.807) is 26.0 Å². The molecule has 10 heteroatoms. The van der Waals surface area contributed by atoms with Gasteiger partial charge in [-0.1, -0.05) is 157 Å². The zero-order valence-corrected chi connectivity index (χ0v) is 33.4. The van der Waals surface area contributed by atoms with Crippen LogP contribution in [0.5, 0.6) is 11.5 Å². The first-order valence-corrected chi connectivity index (χ1v) is 20.6. The van der Waals surface area contributed by atoms with Crippen LogP contribution in [0.3, 0.4) is 0 Å². The average Bonchev–Trinajstić information content (AvgIpc) is 3.21. The SMILES string of the molecule is COC(=O)C(C)Oc1c(Cl)ccc(P(c2ccccc2)c2ccccc2)c1-c1c(P(c2ccccc2)c2ccccc2)ccc(Cl)c1O[C@@H](C)C(=O)OC. The summed E-state index contributed by atoms with van der Waals surface area (Å²) in [5.74, 6) is -0.648. The minimum atomic E-state index is -1.30. The van der Waals surface area contributed by atoms with Gasteiger partial charge in [-0.3, -0.25) is 0 Å². The number of methoxy groups -OCH3 is 2. The van der Waals surface area contributed by atoms with Gasteiger partial charge in [0, 0.05) is 11.1 Å². The first kappa shape index (κ1) is 39.0. The van der Waals surface area contributed by atoms with Crippen molar-refractivity contribution in [1.29, 1.82) is 0 Å². The normalized spacial score (nSPS) is 12.2. The van der Waals surface area contributed by atoms with Gasteiger partial charge in [-0.15, -0.1) is 0 Å². The van der Waals surface area contributed by atoms with Gasteiger partial charge in [0.25, 0.3) is 0 Å². The van der Waals surface area contributed by atoms with Crippen molar-refractivity contribution in [3.63, 3.8) is 0 Å². The molecule has 6 aromatic rings. The molecular weight excluding hydrogens is 757 g/mol. The molecule has 54 heavy (non-hydrogen) atoms. The van der Waals surface area contributed by atoms with E-state index in [0.717, 1.165) is 31.8 Å². The summed E-state index contributed by atoms with van der Waals surface area (Å²) in [6.45, 7) is 3.23. The second kappa shape index (κ2) is 18.1. The van der Waals surface area contributed by atoms with Gasteiger partial charge in [0.1, 0.15) is 11.5 Å². The number of hydrogen-bond donors (Lipinski definition) is 0. The van der Waals surface area contributed by atoms with Crippen LogP contribution in [-0.2, 0) is 19.1 Å². The summed E-state index contributed by atoms with van der Waals surface area (Å²) >= 11 is 14.3. The van der Waals surface area contributed by atoms with E-state index in [9.17, 15) is 9.59 Å². The lowest BCUT2D eigenvalue weighted by molar-refractivity contribution is -0.148. The lowest BCUT2D eigenvalue weighted by Gasteiger charge is -2.30. The Morgan fingerprint density at radius 1 is 0.463 bits per heavy atom. The second-order valence-electron chi connectivity index (χ2n) is 12.1.